The minimum absolute atomic E-state index is 0.149. The van der Waals surface area contributed by atoms with Crippen molar-refractivity contribution < 1.29 is 128 Å². The molecule has 25 unspecified atom stereocenters. The van der Waals surface area contributed by atoms with Crippen LogP contribution in [0.3, 0.4) is 0 Å². The van der Waals surface area contributed by atoms with Gasteiger partial charge in [-0.3, -0.25) is 38.8 Å². The van der Waals surface area contributed by atoms with Crippen LogP contribution in [-0.4, -0.2) is 316 Å². The van der Waals surface area contributed by atoms with Crippen molar-refractivity contribution in [3.8, 4) is 5.75 Å². The molecule has 0 aliphatic carbocycles. The van der Waals surface area contributed by atoms with Crippen LogP contribution in [0.1, 0.15) is 24.0 Å². The first kappa shape index (κ1) is 70.7. The molecular weight excluding hydrogens is 1240 g/mol. The van der Waals surface area contributed by atoms with Gasteiger partial charge in [-0.15, -0.1) is 0 Å². The van der Waals surface area contributed by atoms with Gasteiger partial charge >= 0.3 is 0 Å². The number of halogens is 1. The second kappa shape index (κ2) is 30.7. The zero-order valence-corrected chi connectivity index (χ0v) is 48.8. The number of nitrogens with one attached hydrogen (secondary N) is 7. The first-order valence-corrected chi connectivity index (χ1v) is 29.0. The SMILES string of the molecule is CC(c1ccccc1)C1NC(=O)CNC(=O)C(CO)NC(=O)C(C(O)C2CN=C(N)N2C2OC(CO)C(O)C(O)C2O)NC(=O)C(C(O)C2CN=C(N)N2)NC(=O)C(Cc2ccc(OC3OC(CO)C(OC4OC(CO)C(O)C(O)C4O)C(O)C3O)c(F)c2)NC1=O. The summed E-state index contributed by atoms with van der Waals surface area (Å²) in [6.07, 6.45) is -33.1. The minimum atomic E-state index is -2.39. The molecule has 37 nitrogen and oxygen atoms in total. The number of aliphatic hydroxyl groups excluding tert-OH is 14. The highest BCUT2D eigenvalue weighted by molar-refractivity contribution is 5.98. The smallest absolute Gasteiger partial charge is 0.246 e. The van der Waals surface area contributed by atoms with Gasteiger partial charge in [0.25, 0.3) is 0 Å². The van der Waals surface area contributed by atoms with Crippen LogP contribution < -0.4 is 53.4 Å². The largest absolute Gasteiger partial charge is 0.459 e. The lowest BCUT2D eigenvalue weighted by atomic mass is 9.92. The molecule has 0 radical (unpaired) electrons. The monoisotopic (exact) mass is 1310 g/mol. The van der Waals surface area contributed by atoms with E-state index in [4.69, 9.17) is 35.2 Å². The van der Waals surface area contributed by atoms with Crippen LogP contribution in [0, 0.1) is 5.82 Å². The lowest BCUT2D eigenvalue weighted by molar-refractivity contribution is -0.352. The second-order valence-electron chi connectivity index (χ2n) is 22.7. The van der Waals surface area contributed by atoms with E-state index in [9.17, 15) is 90.7 Å². The number of hydrogen-bond acceptors (Lipinski definition) is 31. The number of amides is 6. The van der Waals surface area contributed by atoms with Gasteiger partial charge in [0, 0.05) is 12.3 Å². The third-order valence-electron chi connectivity index (χ3n) is 16.6. The molecule has 8 rings (SSSR count). The summed E-state index contributed by atoms with van der Waals surface area (Å²) in [4.78, 5) is 95.9. The molecular formula is C54H77FN12O25. The summed E-state index contributed by atoms with van der Waals surface area (Å²) in [7, 11) is 0. The van der Waals surface area contributed by atoms with E-state index in [0.717, 1.165) is 23.1 Å². The van der Waals surface area contributed by atoms with Gasteiger partial charge in [0.05, 0.1) is 58.1 Å². The van der Waals surface area contributed by atoms with Crippen molar-refractivity contribution in [1.82, 2.24) is 42.1 Å². The van der Waals surface area contributed by atoms with Crippen LogP contribution in [-0.2, 0) is 54.1 Å². The van der Waals surface area contributed by atoms with Gasteiger partial charge in [-0.05, 0) is 23.3 Å². The van der Waals surface area contributed by atoms with Crippen LogP contribution in [0.25, 0.3) is 0 Å². The number of hydrogen-bond donors (Lipinski definition) is 23. The van der Waals surface area contributed by atoms with Crippen molar-refractivity contribution in [1.29, 1.82) is 0 Å². The molecule has 2 aromatic rings. The molecule has 6 amide bonds. The van der Waals surface area contributed by atoms with Crippen LogP contribution in [0.15, 0.2) is 58.5 Å². The van der Waals surface area contributed by atoms with Gasteiger partial charge in [-0.1, -0.05) is 43.3 Å². The van der Waals surface area contributed by atoms with E-state index in [-0.39, 0.29) is 18.1 Å². The van der Waals surface area contributed by atoms with Gasteiger partial charge in [-0.25, -0.2) is 4.39 Å². The highest BCUT2D eigenvalue weighted by Gasteiger charge is 2.54. The Hall–Kier alpha value is -7.19. The third-order valence-corrected chi connectivity index (χ3v) is 16.6. The third kappa shape index (κ3) is 15.5. The van der Waals surface area contributed by atoms with Crippen LogP contribution in [0.4, 0.5) is 4.39 Å². The van der Waals surface area contributed by atoms with Gasteiger partial charge in [0.1, 0.15) is 116 Å². The Balaban J connectivity index is 1.12. The molecule has 0 aromatic heterocycles. The first-order valence-electron chi connectivity index (χ1n) is 29.0. The van der Waals surface area contributed by atoms with E-state index in [1.165, 1.54) is 6.92 Å². The molecule has 0 saturated carbocycles. The van der Waals surface area contributed by atoms with E-state index < -0.39 is 251 Å². The fourth-order valence-corrected chi connectivity index (χ4v) is 11.3. The van der Waals surface area contributed by atoms with Gasteiger partial charge in [-0.2, -0.15) is 0 Å². The number of carbonyl (C=O) groups excluding carboxylic acids is 6. The molecule has 4 saturated heterocycles. The van der Waals surface area contributed by atoms with E-state index in [1.807, 2.05) is 0 Å². The quantitative estimate of drug-likeness (QED) is 0.0699. The van der Waals surface area contributed by atoms with Crippen LogP contribution in [0.2, 0.25) is 0 Å². The molecule has 6 heterocycles. The summed E-state index contributed by atoms with van der Waals surface area (Å²) in [6.45, 7) is -4.30. The lowest BCUT2D eigenvalue weighted by Gasteiger charge is -2.46. The fourth-order valence-electron chi connectivity index (χ4n) is 11.3. The van der Waals surface area contributed by atoms with Gasteiger partial charge in [0.15, 0.2) is 36.0 Å². The number of aliphatic hydroxyl groups is 14. The average molecular weight is 1310 g/mol. The standard InChI is InChI=1S/C54H77FN12O25/c1-18(20-5-3-2-4-6-20)31-47(85)61-22(10-19-7-8-26(21(55)9-19)89-51-43(82)40(79)44(29(17-71)91-51)92-52-42(81)39(78)37(76)28(16-70)90-52)46(84)65-32(34(73)23-11-59-53(56)63-23)49(87)66-33(48(86)62-24(14-68)45(83)58-13-30(72)64-31)35(74)25-12-60-54(57)67(25)50-41(80)38(77)36(75)27(15-69)88-50/h2-9,18,22-25,27-29,31-44,50-52,68-71,73-82H,10-17H2,1H3,(H2,57,60)(H,58,83)(H,61,85)(H,62,86)(H,64,72)(H,65,84)(H,66,87)(H3,56,59,63). The number of nitrogens with zero attached hydrogens (tertiary/aromatic N) is 3. The molecule has 510 valence electrons. The van der Waals surface area contributed by atoms with Gasteiger partial charge < -0.3 is 149 Å². The number of rotatable bonds is 17. The normalized spacial score (nSPS) is 37.3. The van der Waals surface area contributed by atoms with Gasteiger partial charge in [0.2, 0.25) is 41.7 Å². The fraction of sp³-hybridized carbons (Fsp3) is 0.630. The molecule has 0 spiro atoms. The molecule has 25 N–H and O–H groups in total. The highest BCUT2D eigenvalue weighted by Crippen LogP contribution is 2.33. The lowest BCUT2D eigenvalue weighted by Crippen LogP contribution is -2.70. The maximum absolute atomic E-state index is 16.4. The van der Waals surface area contributed by atoms with Crippen molar-refractivity contribution >= 4 is 47.4 Å². The maximum Gasteiger partial charge on any atom is 0.246 e. The Morgan fingerprint density at radius 3 is 1.83 bits per heavy atom. The number of carbonyl (C=O) groups is 6. The van der Waals surface area contributed by atoms with Crippen molar-refractivity contribution in [3.05, 3.63) is 65.5 Å². The molecule has 92 heavy (non-hydrogen) atoms. The number of benzene rings is 2. The Morgan fingerprint density at radius 2 is 1.20 bits per heavy atom. The predicted molar refractivity (Wildman–Crippen MR) is 303 cm³/mol. The van der Waals surface area contributed by atoms with E-state index >= 15 is 14.0 Å². The predicted octanol–water partition coefficient (Wildman–Crippen LogP) is -13.5. The number of nitrogens with two attached hydrogens (primary N) is 2. The Bertz CT molecular complexity index is 2980. The molecule has 6 aliphatic rings. The second-order valence-corrected chi connectivity index (χ2v) is 22.7. The Morgan fingerprint density at radius 1 is 0.609 bits per heavy atom. The van der Waals surface area contributed by atoms with E-state index in [1.54, 1.807) is 30.3 Å². The number of ether oxygens (including phenoxy) is 5. The molecule has 6 aliphatic heterocycles. The molecule has 38 heteroatoms. The summed E-state index contributed by atoms with van der Waals surface area (Å²) >= 11 is 0. The molecule has 0 bridgehead atoms. The Kier molecular flexibility index (Phi) is 23.6. The summed E-state index contributed by atoms with van der Waals surface area (Å²) < 4.78 is 44.3. The summed E-state index contributed by atoms with van der Waals surface area (Å²) in [6, 6.07) is -2.29. The van der Waals surface area contributed by atoms with Crippen molar-refractivity contribution in [2.75, 3.05) is 46.1 Å². The first-order chi connectivity index (χ1) is 43.7. The number of aliphatic imine (C=N–C) groups is 2. The maximum atomic E-state index is 16.4. The summed E-state index contributed by atoms with van der Waals surface area (Å²) in [5.41, 5.74) is 12.4. The highest BCUT2D eigenvalue weighted by atomic mass is 19.1. The van der Waals surface area contributed by atoms with Crippen molar-refractivity contribution in [2.45, 2.75) is 166 Å². The minimum Gasteiger partial charge on any atom is -0.459 e. The van der Waals surface area contributed by atoms with E-state index in [2.05, 4.69) is 47.2 Å². The van der Waals surface area contributed by atoms with Crippen LogP contribution in [0.5, 0.6) is 5.75 Å². The summed E-state index contributed by atoms with van der Waals surface area (Å²) in [5.74, 6) is -11.4. The summed E-state index contributed by atoms with van der Waals surface area (Å²) in [5, 5.41) is 167. The molecule has 2 aromatic carbocycles. The molecule has 4 fully saturated rings. The molecule has 25 atom stereocenters. The Labute approximate surface area is 521 Å². The van der Waals surface area contributed by atoms with Crippen LogP contribution >= 0.6 is 0 Å². The topological polar surface area (TPSA) is 596 Å². The zero-order chi connectivity index (χ0) is 67.2. The van der Waals surface area contributed by atoms with Crippen molar-refractivity contribution in [3.63, 3.8) is 0 Å². The van der Waals surface area contributed by atoms with Crippen molar-refractivity contribution in [2.24, 2.45) is 21.5 Å². The van der Waals surface area contributed by atoms with E-state index in [0.29, 0.717) is 5.56 Å². The number of guanidine groups is 2. The zero-order valence-electron chi connectivity index (χ0n) is 48.8. The average Bonchev–Trinajstić information content (AvgIpc) is 1.43.